The summed E-state index contributed by atoms with van der Waals surface area (Å²) in [7, 11) is 0. The summed E-state index contributed by atoms with van der Waals surface area (Å²) in [4.78, 5) is 14.8. The van der Waals surface area contributed by atoms with Gasteiger partial charge in [0, 0.05) is 18.8 Å². The highest BCUT2D eigenvalue weighted by Gasteiger charge is 2.28. The Morgan fingerprint density at radius 3 is 3.05 bits per heavy atom. The Hall–Kier alpha value is -1.59. The lowest BCUT2D eigenvalue weighted by Crippen LogP contribution is -2.44. The lowest BCUT2D eigenvalue weighted by atomic mass is 9.98. The van der Waals surface area contributed by atoms with E-state index in [9.17, 15) is 4.79 Å². The number of nitrogens with two attached hydrogens (primary N) is 1. The molecule has 0 spiro atoms. The minimum atomic E-state index is 0. The van der Waals surface area contributed by atoms with Crippen molar-refractivity contribution in [2.45, 2.75) is 31.7 Å². The van der Waals surface area contributed by atoms with Crippen molar-refractivity contribution in [1.29, 1.82) is 0 Å². The summed E-state index contributed by atoms with van der Waals surface area (Å²) in [6.07, 6.45) is 7.73. The molecule has 21 heavy (non-hydrogen) atoms. The van der Waals surface area contributed by atoms with Gasteiger partial charge in [-0.2, -0.15) is 5.10 Å². The molecule has 0 aromatic carbocycles. The number of rotatable bonds is 3. The molecule has 0 bridgehead atoms. The van der Waals surface area contributed by atoms with Gasteiger partial charge in [0.15, 0.2) is 0 Å². The van der Waals surface area contributed by atoms with E-state index < -0.39 is 0 Å². The van der Waals surface area contributed by atoms with Crippen LogP contribution in [0.25, 0.3) is 5.52 Å². The molecule has 114 valence electrons. The predicted octanol–water partition coefficient (Wildman–Crippen LogP) is 2.10. The predicted molar refractivity (Wildman–Crippen MR) is 84.8 cm³/mol. The van der Waals surface area contributed by atoms with Crippen LogP contribution in [-0.4, -0.2) is 39.6 Å². The van der Waals surface area contributed by atoms with Gasteiger partial charge in [-0.05, 0) is 44.4 Å². The van der Waals surface area contributed by atoms with Crippen LogP contribution in [0.2, 0.25) is 0 Å². The van der Waals surface area contributed by atoms with Crippen molar-refractivity contribution >= 4 is 23.8 Å². The molecule has 1 unspecified atom stereocenters. The quantitative estimate of drug-likeness (QED) is 0.944. The Morgan fingerprint density at radius 1 is 1.38 bits per heavy atom. The van der Waals surface area contributed by atoms with Gasteiger partial charge in [0.1, 0.15) is 0 Å². The normalized spacial score (nSPS) is 18.5. The van der Waals surface area contributed by atoms with E-state index in [-0.39, 0.29) is 24.4 Å². The van der Waals surface area contributed by atoms with Crippen molar-refractivity contribution in [3.05, 3.63) is 36.2 Å². The first-order chi connectivity index (χ1) is 9.81. The number of carbonyl (C=O) groups excluding carboxylic acids is 1. The van der Waals surface area contributed by atoms with Crippen molar-refractivity contribution in [2.24, 2.45) is 5.73 Å². The molecule has 2 N–H and O–H groups in total. The average Bonchev–Trinajstić information content (AvgIpc) is 2.91. The maximum atomic E-state index is 12.8. The van der Waals surface area contributed by atoms with Crippen LogP contribution in [0.3, 0.4) is 0 Å². The minimum absolute atomic E-state index is 0. The third-order valence-electron chi connectivity index (χ3n) is 4.04. The number of pyridine rings is 1. The summed E-state index contributed by atoms with van der Waals surface area (Å²) >= 11 is 0. The van der Waals surface area contributed by atoms with Gasteiger partial charge in [-0.3, -0.25) is 4.79 Å². The molecule has 0 aliphatic carbocycles. The monoisotopic (exact) mass is 308 g/mol. The summed E-state index contributed by atoms with van der Waals surface area (Å²) in [5.74, 6) is 0.0874. The molecular formula is C15H21ClN4O. The first-order valence-electron chi connectivity index (χ1n) is 7.24. The Kier molecular flexibility index (Phi) is 5.20. The number of halogens is 1. The minimum Gasteiger partial charge on any atom is -0.336 e. The Labute approximate surface area is 130 Å². The molecule has 0 radical (unpaired) electrons. The molecule has 3 rings (SSSR count). The number of hydrogen-bond donors (Lipinski definition) is 1. The molecule has 1 amide bonds. The largest absolute Gasteiger partial charge is 0.336 e. The lowest BCUT2D eigenvalue weighted by molar-refractivity contribution is 0.0607. The third kappa shape index (κ3) is 3.04. The Balaban J connectivity index is 0.00000161. The fourth-order valence-electron chi connectivity index (χ4n) is 3.01. The first kappa shape index (κ1) is 15.8. The van der Waals surface area contributed by atoms with Gasteiger partial charge in [-0.1, -0.05) is 6.07 Å². The van der Waals surface area contributed by atoms with Crippen LogP contribution in [0.5, 0.6) is 0 Å². The molecule has 1 aliphatic rings. The number of amides is 1. The summed E-state index contributed by atoms with van der Waals surface area (Å²) in [6, 6.07) is 6.05. The Bertz CT molecular complexity index is 610. The zero-order valence-corrected chi connectivity index (χ0v) is 12.8. The second-order valence-corrected chi connectivity index (χ2v) is 5.31. The summed E-state index contributed by atoms with van der Waals surface area (Å²) < 4.78 is 1.75. The molecule has 2 aromatic heterocycles. The number of piperidine rings is 1. The van der Waals surface area contributed by atoms with Crippen LogP contribution in [0, 0.1) is 0 Å². The second-order valence-electron chi connectivity index (χ2n) is 5.31. The van der Waals surface area contributed by atoms with Gasteiger partial charge in [-0.15, -0.1) is 12.4 Å². The van der Waals surface area contributed by atoms with Crippen molar-refractivity contribution in [2.75, 3.05) is 13.1 Å². The van der Waals surface area contributed by atoms with E-state index in [0.717, 1.165) is 31.3 Å². The Morgan fingerprint density at radius 2 is 2.24 bits per heavy atom. The van der Waals surface area contributed by atoms with Gasteiger partial charge in [0.2, 0.25) is 0 Å². The molecular weight excluding hydrogens is 288 g/mol. The highest BCUT2D eigenvalue weighted by atomic mass is 35.5. The van der Waals surface area contributed by atoms with E-state index in [1.165, 1.54) is 6.42 Å². The van der Waals surface area contributed by atoms with Gasteiger partial charge in [0.05, 0.1) is 17.3 Å². The van der Waals surface area contributed by atoms with Crippen molar-refractivity contribution in [1.82, 2.24) is 14.5 Å². The topological polar surface area (TPSA) is 63.6 Å². The molecule has 6 heteroatoms. The number of likely N-dealkylation sites (tertiary alicyclic amines) is 1. The number of aromatic nitrogens is 2. The third-order valence-corrected chi connectivity index (χ3v) is 4.04. The summed E-state index contributed by atoms with van der Waals surface area (Å²) in [5, 5.41) is 4.25. The van der Waals surface area contributed by atoms with Crippen LogP contribution >= 0.6 is 12.4 Å². The molecule has 1 fully saturated rings. The van der Waals surface area contributed by atoms with Crippen molar-refractivity contribution in [3.63, 3.8) is 0 Å². The van der Waals surface area contributed by atoms with Crippen molar-refractivity contribution < 1.29 is 4.79 Å². The zero-order chi connectivity index (χ0) is 13.9. The van der Waals surface area contributed by atoms with Crippen LogP contribution in [-0.2, 0) is 0 Å². The second kappa shape index (κ2) is 6.91. The molecule has 2 aromatic rings. The number of fused-ring (bicyclic) bond motifs is 1. The van der Waals surface area contributed by atoms with Crippen LogP contribution in [0.1, 0.15) is 36.0 Å². The van der Waals surface area contributed by atoms with E-state index in [0.29, 0.717) is 12.1 Å². The van der Waals surface area contributed by atoms with Gasteiger partial charge >= 0.3 is 0 Å². The first-order valence-corrected chi connectivity index (χ1v) is 7.24. The van der Waals surface area contributed by atoms with Gasteiger partial charge in [0.25, 0.3) is 5.91 Å². The van der Waals surface area contributed by atoms with Crippen molar-refractivity contribution in [3.8, 4) is 0 Å². The van der Waals surface area contributed by atoms with E-state index in [1.54, 1.807) is 10.7 Å². The highest BCUT2D eigenvalue weighted by molar-refractivity contribution is 6.00. The smallest absolute Gasteiger partial charge is 0.257 e. The molecule has 3 heterocycles. The maximum absolute atomic E-state index is 12.8. The van der Waals surface area contributed by atoms with Gasteiger partial charge < -0.3 is 10.6 Å². The summed E-state index contributed by atoms with van der Waals surface area (Å²) in [6.45, 7) is 1.46. The molecule has 1 aliphatic heterocycles. The molecule has 1 saturated heterocycles. The standard InChI is InChI=1S/C15H20N4O.ClH/c16-8-7-12-5-1-3-9-18(12)15(20)13-11-17-19-10-4-2-6-14(13)19;/h2,4,6,10-12H,1,3,5,7-9,16H2;1H. The van der Waals surface area contributed by atoms with Gasteiger partial charge in [-0.25, -0.2) is 4.52 Å². The zero-order valence-electron chi connectivity index (χ0n) is 11.9. The average molecular weight is 309 g/mol. The fourth-order valence-corrected chi connectivity index (χ4v) is 3.01. The summed E-state index contributed by atoms with van der Waals surface area (Å²) in [5.41, 5.74) is 7.24. The molecule has 5 nitrogen and oxygen atoms in total. The number of carbonyl (C=O) groups is 1. The van der Waals surface area contributed by atoms with Crippen LogP contribution < -0.4 is 5.73 Å². The lowest BCUT2D eigenvalue weighted by Gasteiger charge is -2.35. The van der Waals surface area contributed by atoms with Crippen LogP contribution in [0.4, 0.5) is 0 Å². The highest BCUT2D eigenvalue weighted by Crippen LogP contribution is 2.23. The van der Waals surface area contributed by atoms with E-state index >= 15 is 0 Å². The van der Waals surface area contributed by atoms with Crippen LogP contribution in [0.15, 0.2) is 30.6 Å². The SMILES string of the molecule is Cl.NCCC1CCCCN1C(=O)c1cnn2ccccc12. The number of nitrogens with zero attached hydrogens (tertiary/aromatic N) is 3. The fraction of sp³-hybridized carbons (Fsp3) is 0.467. The van der Waals surface area contributed by atoms with E-state index in [4.69, 9.17) is 5.73 Å². The van der Waals surface area contributed by atoms with E-state index in [2.05, 4.69) is 5.10 Å². The molecule has 1 atom stereocenters. The number of hydrogen-bond acceptors (Lipinski definition) is 3. The van der Waals surface area contributed by atoms with E-state index in [1.807, 2.05) is 29.3 Å². The maximum Gasteiger partial charge on any atom is 0.257 e. The molecule has 0 saturated carbocycles.